The lowest BCUT2D eigenvalue weighted by atomic mass is 10.2. The molecule has 0 N–H and O–H groups in total. The first-order chi connectivity index (χ1) is 16.2. The molecule has 0 fully saturated rings. The first kappa shape index (κ1) is 23.2. The van der Waals surface area contributed by atoms with Gasteiger partial charge in [-0.2, -0.15) is 10.2 Å². The van der Waals surface area contributed by atoms with Gasteiger partial charge in [0.05, 0.1) is 4.90 Å². The summed E-state index contributed by atoms with van der Waals surface area (Å²) in [5.74, 6) is 0.298. The molecular weight excluding hydrogens is 474 g/mol. The summed E-state index contributed by atoms with van der Waals surface area (Å²) in [6.45, 7) is 3.71. The third-order valence-corrected chi connectivity index (χ3v) is 7.02. The molecule has 2 heterocycles. The molecule has 4 rings (SSSR count). The second-order valence-corrected chi connectivity index (χ2v) is 9.87. The summed E-state index contributed by atoms with van der Waals surface area (Å²) >= 11 is 5.86. The maximum atomic E-state index is 13.4. The number of halogens is 1. The highest BCUT2D eigenvalue weighted by Crippen LogP contribution is 2.28. The lowest BCUT2D eigenvalue weighted by Gasteiger charge is -2.12. The van der Waals surface area contributed by atoms with Gasteiger partial charge in [0.2, 0.25) is 15.7 Å². The summed E-state index contributed by atoms with van der Waals surface area (Å²) < 4.78 is 33.4. The van der Waals surface area contributed by atoms with Gasteiger partial charge in [0.15, 0.2) is 0 Å². The second-order valence-electron chi connectivity index (χ2n) is 7.51. The number of aryl methyl sites for hydroxylation is 2. The quantitative estimate of drug-likeness (QED) is 0.360. The fraction of sp³-hybridized carbons (Fsp3) is 0.0800. The van der Waals surface area contributed by atoms with Crippen LogP contribution in [-0.4, -0.2) is 17.8 Å². The number of pyridine rings is 1. The largest absolute Gasteiger partial charge is 0.438 e. The van der Waals surface area contributed by atoms with E-state index < -0.39 is 20.3 Å². The first-order valence-electron chi connectivity index (χ1n) is 10.1. The van der Waals surface area contributed by atoms with Crippen molar-refractivity contribution in [3.05, 3.63) is 104 Å². The van der Waals surface area contributed by atoms with E-state index in [2.05, 4.69) is 4.98 Å². The molecule has 7 nitrogen and oxygen atoms in total. The Bertz CT molecular complexity index is 1630. The van der Waals surface area contributed by atoms with Crippen molar-refractivity contribution >= 4 is 33.2 Å². The van der Waals surface area contributed by atoms with Gasteiger partial charge in [-0.05, 0) is 68.0 Å². The molecule has 170 valence electrons. The number of hydrogen-bond donors (Lipinski definition) is 0. The van der Waals surface area contributed by atoms with E-state index in [1.165, 1.54) is 34.9 Å². The van der Waals surface area contributed by atoms with Gasteiger partial charge in [0.25, 0.3) is 5.56 Å². The van der Waals surface area contributed by atoms with Gasteiger partial charge in [0.1, 0.15) is 27.9 Å². The molecular formula is C25H18ClN3O4S. The molecule has 0 aliphatic carbocycles. The van der Waals surface area contributed by atoms with Crippen LogP contribution in [0.15, 0.2) is 81.5 Å². The maximum absolute atomic E-state index is 13.4. The van der Waals surface area contributed by atoms with Crippen molar-refractivity contribution in [3.63, 3.8) is 0 Å². The van der Waals surface area contributed by atoms with Gasteiger partial charge in [-0.15, -0.1) is 0 Å². The van der Waals surface area contributed by atoms with E-state index in [-0.39, 0.29) is 16.3 Å². The van der Waals surface area contributed by atoms with Crippen molar-refractivity contribution in [2.45, 2.75) is 18.7 Å². The Morgan fingerprint density at radius 1 is 1.09 bits per heavy atom. The van der Waals surface area contributed by atoms with E-state index in [0.717, 1.165) is 17.2 Å². The van der Waals surface area contributed by atoms with E-state index in [1.54, 1.807) is 37.3 Å². The van der Waals surface area contributed by atoms with Crippen LogP contribution in [-0.2, 0) is 9.84 Å². The number of sulfone groups is 1. The average molecular weight is 492 g/mol. The first-order valence-corrected chi connectivity index (χ1v) is 12.0. The van der Waals surface area contributed by atoms with Gasteiger partial charge in [-0.1, -0.05) is 35.4 Å². The minimum Gasteiger partial charge on any atom is -0.438 e. The Labute approximate surface area is 201 Å². The van der Waals surface area contributed by atoms with E-state index in [4.69, 9.17) is 16.3 Å². The molecule has 0 radical (unpaired) electrons. The van der Waals surface area contributed by atoms with E-state index in [0.29, 0.717) is 16.4 Å². The molecule has 0 spiro atoms. The zero-order valence-electron chi connectivity index (χ0n) is 18.2. The molecule has 0 bridgehead atoms. The normalized spacial score (nSPS) is 11.9. The Kier molecular flexibility index (Phi) is 6.24. The number of ether oxygens (including phenoxy) is 1. The molecule has 0 amide bonds. The Hall–Kier alpha value is -3.93. The molecule has 0 atom stereocenters. The molecule has 0 aliphatic heterocycles. The minimum atomic E-state index is -4.23. The predicted molar refractivity (Wildman–Crippen MR) is 130 cm³/mol. The number of fused-ring (bicyclic) bond motifs is 1. The number of nitriles is 1. The van der Waals surface area contributed by atoms with Crippen molar-refractivity contribution in [1.29, 1.82) is 5.26 Å². The summed E-state index contributed by atoms with van der Waals surface area (Å²) in [5.41, 5.74) is 1.34. The Morgan fingerprint density at radius 3 is 2.41 bits per heavy atom. The monoisotopic (exact) mass is 491 g/mol. The topological polar surface area (TPSA) is 102 Å². The predicted octanol–water partition coefficient (Wildman–Crippen LogP) is 5.10. The minimum absolute atomic E-state index is 0.109. The highest BCUT2D eigenvalue weighted by atomic mass is 35.5. The van der Waals surface area contributed by atoms with Gasteiger partial charge in [-0.3, -0.25) is 9.20 Å². The van der Waals surface area contributed by atoms with Crippen LogP contribution in [0.25, 0.3) is 11.7 Å². The summed E-state index contributed by atoms with van der Waals surface area (Å²) in [6, 6.07) is 17.6. The molecule has 2 aromatic heterocycles. The fourth-order valence-corrected chi connectivity index (χ4v) is 4.52. The zero-order valence-corrected chi connectivity index (χ0v) is 19.8. The van der Waals surface area contributed by atoms with Crippen LogP contribution in [0.2, 0.25) is 5.02 Å². The van der Waals surface area contributed by atoms with Gasteiger partial charge in [0, 0.05) is 11.2 Å². The summed E-state index contributed by atoms with van der Waals surface area (Å²) in [7, 11) is -4.23. The third kappa shape index (κ3) is 4.44. The number of aromatic nitrogens is 2. The van der Waals surface area contributed by atoms with Crippen LogP contribution in [0.3, 0.4) is 0 Å². The fourth-order valence-electron chi connectivity index (χ4n) is 3.25. The molecule has 0 saturated carbocycles. The molecule has 0 saturated heterocycles. The lowest BCUT2D eigenvalue weighted by molar-refractivity contribution is 0.460. The van der Waals surface area contributed by atoms with Crippen LogP contribution in [0, 0.1) is 25.2 Å². The number of hydrogen-bond acceptors (Lipinski definition) is 6. The van der Waals surface area contributed by atoms with Crippen LogP contribution in [0.5, 0.6) is 11.6 Å². The number of allylic oxidation sites excluding steroid dienone is 1. The highest BCUT2D eigenvalue weighted by molar-refractivity contribution is 7.95. The maximum Gasteiger partial charge on any atom is 0.269 e. The standard InChI is InChI=1S/C25H18ClN3O4S/c1-16-5-9-19(10-6-16)33-24-22(25(30)29-13-3-4-17(2)23(29)28-24)14-21(15-27)34(31,32)20-11-7-18(26)8-12-20/h3-14H,1-2H3/b21-14-. The van der Waals surface area contributed by atoms with Gasteiger partial charge >= 0.3 is 0 Å². The van der Waals surface area contributed by atoms with E-state index >= 15 is 0 Å². The molecule has 4 aromatic rings. The summed E-state index contributed by atoms with van der Waals surface area (Å²) in [6.07, 6.45) is 2.52. The van der Waals surface area contributed by atoms with Crippen molar-refractivity contribution in [2.75, 3.05) is 0 Å². The highest BCUT2D eigenvalue weighted by Gasteiger charge is 2.24. The Morgan fingerprint density at radius 2 is 1.76 bits per heavy atom. The number of rotatable bonds is 5. The molecule has 0 unspecified atom stereocenters. The van der Waals surface area contributed by atoms with Gasteiger partial charge < -0.3 is 4.74 Å². The van der Waals surface area contributed by atoms with E-state index in [9.17, 15) is 18.5 Å². The zero-order chi connectivity index (χ0) is 24.5. The lowest BCUT2D eigenvalue weighted by Crippen LogP contribution is -2.20. The Balaban J connectivity index is 1.95. The number of nitrogens with zero attached hydrogens (tertiary/aromatic N) is 3. The van der Waals surface area contributed by atoms with Crippen molar-refractivity contribution in [1.82, 2.24) is 9.38 Å². The molecule has 0 aliphatic rings. The van der Waals surface area contributed by atoms with Crippen LogP contribution >= 0.6 is 11.6 Å². The van der Waals surface area contributed by atoms with Crippen molar-refractivity contribution in [3.8, 4) is 17.7 Å². The third-order valence-electron chi connectivity index (χ3n) is 5.08. The SMILES string of the molecule is Cc1ccc(Oc2nc3c(C)cccn3c(=O)c2/C=C(/C#N)S(=O)(=O)c2ccc(Cl)cc2)cc1. The van der Waals surface area contributed by atoms with Crippen LogP contribution in [0.4, 0.5) is 0 Å². The van der Waals surface area contributed by atoms with Crippen molar-refractivity contribution < 1.29 is 13.2 Å². The summed E-state index contributed by atoms with van der Waals surface area (Å²) in [4.78, 5) is 17.1. The summed E-state index contributed by atoms with van der Waals surface area (Å²) in [5, 5.41) is 10.1. The molecule has 9 heteroatoms. The molecule has 2 aromatic carbocycles. The second kappa shape index (κ2) is 9.14. The van der Waals surface area contributed by atoms with Crippen molar-refractivity contribution in [2.24, 2.45) is 0 Å². The van der Waals surface area contributed by atoms with Crippen LogP contribution < -0.4 is 10.3 Å². The van der Waals surface area contributed by atoms with Gasteiger partial charge in [-0.25, -0.2) is 8.42 Å². The number of benzene rings is 2. The smallest absolute Gasteiger partial charge is 0.269 e. The average Bonchev–Trinajstić information content (AvgIpc) is 2.81. The van der Waals surface area contributed by atoms with E-state index in [1.807, 2.05) is 19.1 Å². The molecule has 34 heavy (non-hydrogen) atoms. The van der Waals surface area contributed by atoms with Crippen LogP contribution in [0.1, 0.15) is 16.7 Å².